The fourth-order valence-electron chi connectivity index (χ4n) is 2.31. The summed E-state index contributed by atoms with van der Waals surface area (Å²) in [6, 6.07) is 0. The first kappa shape index (κ1) is 18.9. The van der Waals surface area contributed by atoms with Gasteiger partial charge in [0.15, 0.2) is 0 Å². The van der Waals surface area contributed by atoms with Crippen molar-refractivity contribution in [3.63, 3.8) is 0 Å². The lowest BCUT2D eigenvalue weighted by atomic mass is 9.82. The molecule has 0 fully saturated rings. The van der Waals surface area contributed by atoms with E-state index in [0.29, 0.717) is 5.41 Å². The van der Waals surface area contributed by atoms with Gasteiger partial charge in [0.1, 0.15) is 0 Å². The summed E-state index contributed by atoms with van der Waals surface area (Å²) in [4.78, 5) is 0. The zero-order valence-electron chi connectivity index (χ0n) is 14.2. The van der Waals surface area contributed by atoms with Crippen LogP contribution in [0.3, 0.4) is 0 Å². The third-order valence-electron chi connectivity index (χ3n) is 3.65. The minimum absolute atomic E-state index is 0.390. The molecule has 0 aliphatic heterocycles. The summed E-state index contributed by atoms with van der Waals surface area (Å²) in [6.45, 7) is 17.8. The number of ether oxygens (including phenoxy) is 1. The van der Waals surface area contributed by atoms with Crippen molar-refractivity contribution in [1.29, 1.82) is 0 Å². The van der Waals surface area contributed by atoms with Crippen LogP contribution in [-0.4, -0.2) is 26.3 Å². The van der Waals surface area contributed by atoms with E-state index in [1.54, 1.807) is 0 Å². The number of nitrogens with one attached hydrogen (secondary N) is 1. The van der Waals surface area contributed by atoms with Crippen molar-refractivity contribution in [2.24, 2.45) is 17.3 Å². The first-order valence-corrected chi connectivity index (χ1v) is 8.18. The lowest BCUT2D eigenvalue weighted by molar-refractivity contribution is 0.0873. The molecule has 1 N–H and O–H groups in total. The van der Waals surface area contributed by atoms with E-state index in [4.69, 9.17) is 4.74 Å². The van der Waals surface area contributed by atoms with E-state index in [1.807, 2.05) is 0 Å². The lowest BCUT2D eigenvalue weighted by Crippen LogP contribution is -2.34. The molecule has 2 heteroatoms. The highest BCUT2D eigenvalue weighted by Crippen LogP contribution is 2.27. The Morgan fingerprint density at radius 1 is 1.00 bits per heavy atom. The summed E-state index contributed by atoms with van der Waals surface area (Å²) in [5.74, 6) is 1.47. The van der Waals surface area contributed by atoms with Gasteiger partial charge in [-0.25, -0.2) is 0 Å². The summed E-state index contributed by atoms with van der Waals surface area (Å²) >= 11 is 0. The molecule has 1 unspecified atom stereocenters. The summed E-state index contributed by atoms with van der Waals surface area (Å²) in [7, 11) is 0. The van der Waals surface area contributed by atoms with Crippen LogP contribution in [0.4, 0.5) is 0 Å². The van der Waals surface area contributed by atoms with E-state index in [-0.39, 0.29) is 0 Å². The normalized spacial score (nSPS) is 15.2. The molecule has 0 aromatic heterocycles. The minimum Gasteiger partial charge on any atom is -0.381 e. The maximum atomic E-state index is 5.79. The van der Waals surface area contributed by atoms with E-state index >= 15 is 0 Å². The van der Waals surface area contributed by atoms with Gasteiger partial charge < -0.3 is 10.1 Å². The second kappa shape index (κ2) is 10.7. The maximum absolute atomic E-state index is 5.79. The Hall–Kier alpha value is -0.0800. The van der Waals surface area contributed by atoms with Crippen LogP contribution in [0.5, 0.6) is 0 Å². The van der Waals surface area contributed by atoms with Crippen molar-refractivity contribution in [2.75, 3.05) is 26.3 Å². The molecule has 0 aliphatic rings. The minimum atomic E-state index is 0.390. The van der Waals surface area contributed by atoms with Crippen molar-refractivity contribution in [1.82, 2.24) is 5.32 Å². The van der Waals surface area contributed by atoms with Crippen LogP contribution in [0.1, 0.15) is 67.2 Å². The Balaban J connectivity index is 3.87. The van der Waals surface area contributed by atoms with Gasteiger partial charge in [-0.3, -0.25) is 0 Å². The molecule has 116 valence electrons. The first-order valence-electron chi connectivity index (χ1n) is 8.18. The summed E-state index contributed by atoms with van der Waals surface area (Å²) in [5.41, 5.74) is 0.390. The zero-order valence-corrected chi connectivity index (χ0v) is 14.2. The third-order valence-corrected chi connectivity index (χ3v) is 3.65. The molecule has 0 saturated heterocycles. The molecular weight excluding hydrogens is 234 g/mol. The van der Waals surface area contributed by atoms with Crippen LogP contribution in [0.15, 0.2) is 0 Å². The van der Waals surface area contributed by atoms with Crippen LogP contribution in [0.25, 0.3) is 0 Å². The van der Waals surface area contributed by atoms with Gasteiger partial charge >= 0.3 is 0 Å². The van der Waals surface area contributed by atoms with E-state index in [1.165, 1.54) is 25.7 Å². The fourth-order valence-corrected chi connectivity index (χ4v) is 2.31. The predicted molar refractivity (Wildman–Crippen MR) is 85.6 cm³/mol. The molecule has 0 amide bonds. The van der Waals surface area contributed by atoms with Gasteiger partial charge in [-0.05, 0) is 43.1 Å². The lowest BCUT2D eigenvalue weighted by Gasteiger charge is -2.30. The van der Waals surface area contributed by atoms with E-state index in [9.17, 15) is 0 Å². The van der Waals surface area contributed by atoms with Crippen molar-refractivity contribution < 1.29 is 4.74 Å². The molecule has 0 radical (unpaired) electrons. The molecule has 0 rings (SSSR count). The number of rotatable bonds is 12. The van der Waals surface area contributed by atoms with Crippen LogP contribution < -0.4 is 5.32 Å². The smallest absolute Gasteiger partial charge is 0.0471 e. The van der Waals surface area contributed by atoms with E-state index in [2.05, 4.69) is 46.9 Å². The molecule has 0 aromatic rings. The standard InChI is InChI=1S/C17H37NO/c1-7-9-17(6,14-18-13-16(4)5)10-12-19-11-8-15(2)3/h15-16,18H,7-14H2,1-6H3. The van der Waals surface area contributed by atoms with Crippen LogP contribution in [0.2, 0.25) is 0 Å². The molecular formula is C17H37NO. The summed E-state index contributed by atoms with van der Waals surface area (Å²) in [6.07, 6.45) is 4.89. The van der Waals surface area contributed by atoms with Gasteiger partial charge in [-0.15, -0.1) is 0 Å². The molecule has 0 saturated carbocycles. The van der Waals surface area contributed by atoms with Gasteiger partial charge in [-0.2, -0.15) is 0 Å². The zero-order chi connectivity index (χ0) is 14.7. The second-order valence-corrected chi connectivity index (χ2v) is 7.13. The Kier molecular flexibility index (Phi) is 10.6. The van der Waals surface area contributed by atoms with Crippen molar-refractivity contribution in [2.45, 2.75) is 67.2 Å². The molecule has 1 atom stereocenters. The summed E-state index contributed by atoms with van der Waals surface area (Å²) < 4.78 is 5.79. The molecule has 19 heavy (non-hydrogen) atoms. The topological polar surface area (TPSA) is 21.3 Å². The quantitative estimate of drug-likeness (QED) is 0.528. The highest BCUT2D eigenvalue weighted by atomic mass is 16.5. The predicted octanol–water partition coefficient (Wildman–Crippen LogP) is 4.49. The second-order valence-electron chi connectivity index (χ2n) is 7.13. The van der Waals surface area contributed by atoms with Gasteiger partial charge in [-0.1, -0.05) is 48.0 Å². The van der Waals surface area contributed by atoms with Crippen LogP contribution >= 0.6 is 0 Å². The fraction of sp³-hybridized carbons (Fsp3) is 1.00. The van der Waals surface area contributed by atoms with Gasteiger partial charge in [0.25, 0.3) is 0 Å². The highest BCUT2D eigenvalue weighted by Gasteiger charge is 2.22. The average Bonchev–Trinajstić information content (AvgIpc) is 2.27. The Morgan fingerprint density at radius 3 is 2.21 bits per heavy atom. The van der Waals surface area contributed by atoms with E-state index in [0.717, 1.165) is 38.1 Å². The molecule has 0 heterocycles. The van der Waals surface area contributed by atoms with E-state index < -0.39 is 0 Å². The van der Waals surface area contributed by atoms with Crippen molar-refractivity contribution in [3.05, 3.63) is 0 Å². The molecule has 0 aromatic carbocycles. The van der Waals surface area contributed by atoms with Crippen LogP contribution in [-0.2, 0) is 4.74 Å². The average molecular weight is 271 g/mol. The first-order chi connectivity index (χ1) is 8.89. The highest BCUT2D eigenvalue weighted by molar-refractivity contribution is 4.76. The molecule has 0 aliphatic carbocycles. The SMILES string of the molecule is CCCC(C)(CCOCCC(C)C)CNCC(C)C. The largest absolute Gasteiger partial charge is 0.381 e. The van der Waals surface area contributed by atoms with Crippen molar-refractivity contribution in [3.8, 4) is 0 Å². The Labute approximate surface area is 121 Å². The Bertz CT molecular complexity index is 203. The van der Waals surface area contributed by atoms with Gasteiger partial charge in [0.05, 0.1) is 0 Å². The maximum Gasteiger partial charge on any atom is 0.0471 e. The number of hydrogen-bond acceptors (Lipinski definition) is 2. The van der Waals surface area contributed by atoms with Crippen LogP contribution in [0, 0.1) is 17.3 Å². The molecule has 0 spiro atoms. The van der Waals surface area contributed by atoms with Gasteiger partial charge in [0, 0.05) is 19.8 Å². The number of hydrogen-bond donors (Lipinski definition) is 1. The van der Waals surface area contributed by atoms with Crippen molar-refractivity contribution >= 4 is 0 Å². The molecule has 2 nitrogen and oxygen atoms in total. The summed E-state index contributed by atoms with van der Waals surface area (Å²) in [5, 5.41) is 3.61. The Morgan fingerprint density at radius 2 is 1.68 bits per heavy atom. The monoisotopic (exact) mass is 271 g/mol. The van der Waals surface area contributed by atoms with Gasteiger partial charge in [0.2, 0.25) is 0 Å². The third kappa shape index (κ3) is 11.4. The molecule has 0 bridgehead atoms.